The molecular weight excluding hydrogens is 425 g/mol. The second kappa shape index (κ2) is 8.47. The summed E-state index contributed by atoms with van der Waals surface area (Å²) in [6.07, 6.45) is 4.58. The quantitative estimate of drug-likeness (QED) is 0.327. The van der Waals surface area contributed by atoms with Crippen LogP contribution in [-0.2, 0) is 5.54 Å². The van der Waals surface area contributed by atoms with Crippen LogP contribution < -0.4 is 5.73 Å². The Balaban J connectivity index is 0.00000241. The first-order valence-corrected chi connectivity index (χ1v) is 11.1. The van der Waals surface area contributed by atoms with Crippen LogP contribution in [0.15, 0.2) is 85.1 Å². The van der Waals surface area contributed by atoms with Gasteiger partial charge in [0.05, 0.1) is 11.3 Å². The van der Waals surface area contributed by atoms with Gasteiger partial charge in [-0.2, -0.15) is 4.39 Å². The van der Waals surface area contributed by atoms with Gasteiger partial charge in [-0.3, -0.25) is 4.57 Å². The van der Waals surface area contributed by atoms with Crippen molar-refractivity contribution in [3.8, 4) is 28.3 Å². The zero-order valence-corrected chi connectivity index (χ0v) is 17.9. The standard InChI is InChI=1S/C27H22FN5.CH4/c28-24-21(8-4-17-30-24)25-32-23-14-13-22(18-6-2-1-3-7-18)31-26(23)33(25)20-11-9-19(10-12-20)27(29)15-5-16-27;/h1-4,6-14,17H,5,15-16,29H2;1H4. The van der Waals surface area contributed by atoms with E-state index in [2.05, 4.69) is 17.1 Å². The minimum absolute atomic E-state index is 0. The highest BCUT2D eigenvalue weighted by Crippen LogP contribution is 2.39. The van der Waals surface area contributed by atoms with E-state index in [1.165, 1.54) is 6.20 Å². The van der Waals surface area contributed by atoms with Crippen molar-refractivity contribution in [2.45, 2.75) is 32.2 Å². The van der Waals surface area contributed by atoms with Crippen LogP contribution in [0.3, 0.4) is 0 Å². The summed E-state index contributed by atoms with van der Waals surface area (Å²) in [6.45, 7) is 0. The topological polar surface area (TPSA) is 69.6 Å². The van der Waals surface area contributed by atoms with E-state index in [1.54, 1.807) is 12.1 Å². The number of rotatable bonds is 4. The lowest BCUT2D eigenvalue weighted by atomic mass is 9.73. The fourth-order valence-electron chi connectivity index (χ4n) is 4.49. The summed E-state index contributed by atoms with van der Waals surface area (Å²) < 4.78 is 16.6. The highest BCUT2D eigenvalue weighted by Gasteiger charge is 2.34. The molecule has 0 saturated heterocycles. The molecule has 2 aromatic carbocycles. The highest BCUT2D eigenvalue weighted by atomic mass is 19.1. The number of benzene rings is 2. The van der Waals surface area contributed by atoms with E-state index in [0.29, 0.717) is 22.6 Å². The number of hydrogen-bond acceptors (Lipinski definition) is 4. The number of aromatic nitrogens is 4. The van der Waals surface area contributed by atoms with Crippen LogP contribution >= 0.6 is 0 Å². The third-order valence-electron chi connectivity index (χ3n) is 6.52. The van der Waals surface area contributed by atoms with Crippen LogP contribution in [0.2, 0.25) is 0 Å². The van der Waals surface area contributed by atoms with Gasteiger partial charge < -0.3 is 5.73 Å². The summed E-state index contributed by atoms with van der Waals surface area (Å²) in [6, 6.07) is 25.4. The smallest absolute Gasteiger partial charge is 0.223 e. The largest absolute Gasteiger partial charge is 0.321 e. The second-order valence-corrected chi connectivity index (χ2v) is 8.57. The third-order valence-corrected chi connectivity index (χ3v) is 6.52. The van der Waals surface area contributed by atoms with Crippen LogP contribution in [0.25, 0.3) is 39.5 Å². The Labute approximate surface area is 198 Å². The molecule has 3 aromatic heterocycles. The van der Waals surface area contributed by atoms with Gasteiger partial charge in [-0.05, 0) is 61.2 Å². The average molecular weight is 452 g/mol. The van der Waals surface area contributed by atoms with E-state index in [1.807, 2.05) is 59.2 Å². The van der Waals surface area contributed by atoms with Crippen molar-refractivity contribution < 1.29 is 4.39 Å². The number of pyridine rings is 2. The molecule has 1 aliphatic carbocycles. The molecule has 1 saturated carbocycles. The maximum atomic E-state index is 14.7. The monoisotopic (exact) mass is 451 g/mol. The number of halogens is 1. The first-order valence-electron chi connectivity index (χ1n) is 11.1. The number of fused-ring (bicyclic) bond motifs is 1. The Kier molecular flexibility index (Phi) is 5.46. The lowest BCUT2D eigenvalue weighted by Gasteiger charge is -2.38. The number of hydrogen-bond donors (Lipinski definition) is 1. The third kappa shape index (κ3) is 3.56. The Morgan fingerprint density at radius 1 is 0.853 bits per heavy atom. The van der Waals surface area contributed by atoms with Crippen molar-refractivity contribution in [3.63, 3.8) is 0 Å². The first kappa shape index (κ1) is 21.9. The predicted molar refractivity (Wildman–Crippen MR) is 134 cm³/mol. The minimum Gasteiger partial charge on any atom is -0.321 e. The Morgan fingerprint density at radius 2 is 1.62 bits per heavy atom. The molecule has 0 atom stereocenters. The molecule has 34 heavy (non-hydrogen) atoms. The summed E-state index contributed by atoms with van der Waals surface area (Å²) in [5, 5.41) is 0. The molecule has 0 aliphatic heterocycles. The van der Waals surface area contributed by atoms with Gasteiger partial charge in [0.25, 0.3) is 0 Å². The van der Waals surface area contributed by atoms with Gasteiger partial charge in [0.1, 0.15) is 5.52 Å². The Hall–Kier alpha value is -3.90. The Bertz CT molecular complexity index is 1450. The SMILES string of the molecule is C.NC1(c2ccc(-n3c(-c4cccnc4F)nc4ccc(-c5ccccc5)nc43)cc2)CCC1. The molecule has 0 unspecified atom stereocenters. The van der Waals surface area contributed by atoms with Crippen molar-refractivity contribution in [1.29, 1.82) is 0 Å². The summed E-state index contributed by atoms with van der Waals surface area (Å²) >= 11 is 0. The fourth-order valence-corrected chi connectivity index (χ4v) is 4.49. The van der Waals surface area contributed by atoms with Crippen molar-refractivity contribution in [2.75, 3.05) is 0 Å². The van der Waals surface area contributed by atoms with Crippen LogP contribution in [0.1, 0.15) is 32.3 Å². The van der Waals surface area contributed by atoms with Gasteiger partial charge in [-0.15, -0.1) is 0 Å². The van der Waals surface area contributed by atoms with E-state index in [4.69, 9.17) is 15.7 Å². The molecule has 1 fully saturated rings. The summed E-state index contributed by atoms with van der Waals surface area (Å²) in [4.78, 5) is 13.5. The molecular formula is C28H26FN5. The zero-order chi connectivity index (χ0) is 22.4. The van der Waals surface area contributed by atoms with Crippen LogP contribution in [-0.4, -0.2) is 19.5 Å². The number of nitrogens with two attached hydrogens (primary N) is 1. The van der Waals surface area contributed by atoms with E-state index in [-0.39, 0.29) is 13.0 Å². The molecule has 0 bridgehead atoms. The van der Waals surface area contributed by atoms with Crippen LogP contribution in [0.5, 0.6) is 0 Å². The molecule has 170 valence electrons. The van der Waals surface area contributed by atoms with Gasteiger partial charge in [-0.1, -0.05) is 49.9 Å². The summed E-state index contributed by atoms with van der Waals surface area (Å²) in [5.41, 5.74) is 11.8. The fraction of sp³-hybridized carbons (Fsp3) is 0.179. The van der Waals surface area contributed by atoms with Crippen LogP contribution in [0, 0.1) is 5.95 Å². The highest BCUT2D eigenvalue weighted by molar-refractivity contribution is 5.82. The van der Waals surface area contributed by atoms with Crippen molar-refractivity contribution in [1.82, 2.24) is 19.5 Å². The van der Waals surface area contributed by atoms with E-state index < -0.39 is 5.95 Å². The zero-order valence-electron chi connectivity index (χ0n) is 17.9. The molecule has 2 N–H and O–H groups in total. The molecule has 6 heteroatoms. The predicted octanol–water partition coefficient (Wildman–Crippen LogP) is 6.26. The van der Waals surface area contributed by atoms with E-state index in [9.17, 15) is 4.39 Å². The van der Waals surface area contributed by atoms with E-state index >= 15 is 0 Å². The lowest BCUT2D eigenvalue weighted by Crippen LogP contribution is -2.43. The normalized spacial score (nSPS) is 14.4. The number of imidazole rings is 1. The average Bonchev–Trinajstić information content (AvgIpc) is 3.22. The molecule has 1 aliphatic rings. The van der Waals surface area contributed by atoms with Gasteiger partial charge in [0.15, 0.2) is 11.5 Å². The van der Waals surface area contributed by atoms with Gasteiger partial charge in [-0.25, -0.2) is 15.0 Å². The van der Waals surface area contributed by atoms with Gasteiger partial charge in [0.2, 0.25) is 5.95 Å². The lowest BCUT2D eigenvalue weighted by molar-refractivity contribution is 0.253. The number of nitrogens with zero attached hydrogens (tertiary/aromatic N) is 4. The maximum Gasteiger partial charge on any atom is 0.223 e. The van der Waals surface area contributed by atoms with Gasteiger partial charge in [0, 0.05) is 23.0 Å². The van der Waals surface area contributed by atoms with Crippen molar-refractivity contribution in [3.05, 3.63) is 96.6 Å². The minimum atomic E-state index is -0.565. The molecule has 5 aromatic rings. The molecule has 0 spiro atoms. The van der Waals surface area contributed by atoms with E-state index in [0.717, 1.165) is 41.8 Å². The molecule has 3 heterocycles. The van der Waals surface area contributed by atoms with Crippen LogP contribution in [0.4, 0.5) is 4.39 Å². The van der Waals surface area contributed by atoms with Gasteiger partial charge >= 0.3 is 0 Å². The van der Waals surface area contributed by atoms with Crippen molar-refractivity contribution in [2.24, 2.45) is 5.73 Å². The molecule has 0 radical (unpaired) electrons. The Morgan fingerprint density at radius 3 is 2.29 bits per heavy atom. The molecule has 0 amide bonds. The van der Waals surface area contributed by atoms with Crippen molar-refractivity contribution >= 4 is 11.2 Å². The first-order chi connectivity index (χ1) is 16.1. The summed E-state index contributed by atoms with van der Waals surface area (Å²) in [7, 11) is 0. The molecule has 5 nitrogen and oxygen atoms in total. The summed E-state index contributed by atoms with van der Waals surface area (Å²) in [5.74, 6) is -0.100. The molecule has 6 rings (SSSR count). The maximum absolute atomic E-state index is 14.7. The second-order valence-electron chi connectivity index (χ2n) is 8.57.